The highest BCUT2D eigenvalue weighted by Crippen LogP contribution is 2.29. The third-order valence-electron chi connectivity index (χ3n) is 6.52. The summed E-state index contributed by atoms with van der Waals surface area (Å²) >= 11 is 3.50. The number of benzene rings is 3. The highest BCUT2D eigenvalue weighted by atomic mass is 79.9. The Morgan fingerprint density at radius 2 is 1.51 bits per heavy atom. The maximum atomic E-state index is 14.3. The monoisotopic (exact) mass is 641 g/mol. The van der Waals surface area contributed by atoms with E-state index in [0.717, 1.165) is 31.7 Å². The zero-order valence-electron chi connectivity index (χ0n) is 24.6. The van der Waals surface area contributed by atoms with E-state index in [4.69, 9.17) is 0 Å². The maximum Gasteiger partial charge on any atom is 0.244 e. The summed E-state index contributed by atoms with van der Waals surface area (Å²) in [6.07, 6.45) is 1.37. The van der Waals surface area contributed by atoms with Crippen molar-refractivity contribution in [3.63, 3.8) is 0 Å². The highest BCUT2D eigenvalue weighted by Gasteiger charge is 2.34. The van der Waals surface area contributed by atoms with Crippen molar-refractivity contribution in [2.75, 3.05) is 17.1 Å². The molecule has 3 aromatic rings. The van der Waals surface area contributed by atoms with Crippen LogP contribution in [0.2, 0.25) is 0 Å². The van der Waals surface area contributed by atoms with Gasteiger partial charge in [-0.15, -0.1) is 0 Å². The molecule has 0 saturated carbocycles. The topological polar surface area (TPSA) is 86.8 Å². The van der Waals surface area contributed by atoms with Crippen LogP contribution in [-0.4, -0.2) is 49.5 Å². The fourth-order valence-electron chi connectivity index (χ4n) is 4.64. The molecule has 9 heteroatoms. The highest BCUT2D eigenvalue weighted by molar-refractivity contribution is 9.10. The van der Waals surface area contributed by atoms with Gasteiger partial charge in [-0.05, 0) is 61.6 Å². The van der Waals surface area contributed by atoms with Crippen LogP contribution in [0.3, 0.4) is 0 Å². The fraction of sp³-hybridized carbons (Fsp3) is 0.375. The minimum absolute atomic E-state index is 0.0340. The van der Waals surface area contributed by atoms with E-state index in [9.17, 15) is 18.0 Å². The van der Waals surface area contributed by atoms with Crippen LogP contribution in [0.5, 0.6) is 0 Å². The van der Waals surface area contributed by atoms with Gasteiger partial charge in [-0.3, -0.25) is 13.9 Å². The molecule has 1 atom stereocenters. The van der Waals surface area contributed by atoms with Gasteiger partial charge in [0.05, 0.1) is 11.9 Å². The molecule has 1 N–H and O–H groups in total. The Morgan fingerprint density at radius 3 is 2.10 bits per heavy atom. The van der Waals surface area contributed by atoms with Gasteiger partial charge < -0.3 is 10.2 Å². The minimum atomic E-state index is -3.84. The molecule has 2 amide bonds. The van der Waals surface area contributed by atoms with Gasteiger partial charge in [-0.2, -0.15) is 0 Å². The van der Waals surface area contributed by atoms with Crippen LogP contribution in [0.1, 0.15) is 57.2 Å². The van der Waals surface area contributed by atoms with Gasteiger partial charge in [0.25, 0.3) is 0 Å². The number of rotatable bonds is 11. The van der Waals surface area contributed by atoms with Gasteiger partial charge in [0.1, 0.15) is 12.6 Å². The summed E-state index contributed by atoms with van der Waals surface area (Å²) in [5, 5.41) is 3.04. The Morgan fingerprint density at radius 1 is 0.902 bits per heavy atom. The second kappa shape index (κ2) is 13.7. The number of amides is 2. The standard InChI is InChI=1S/C32H40BrN3O4S/c1-23(2)27-17-10-11-18-28(27)36(41(6,39)40)22-30(37)35(21-25-15-12-16-26(33)19-25)29(31(38)34-32(3,4)5)20-24-13-8-7-9-14-24/h7-19,23,29H,20-22H2,1-6H3,(H,34,38)/t29-/m0/s1. The summed E-state index contributed by atoms with van der Waals surface area (Å²) in [6, 6.07) is 23.4. The molecule has 3 aromatic carbocycles. The first-order valence-electron chi connectivity index (χ1n) is 13.6. The molecule has 0 aliphatic carbocycles. The van der Waals surface area contributed by atoms with Gasteiger partial charge in [0, 0.05) is 23.0 Å². The Kier molecular flexibility index (Phi) is 10.8. The number of hydrogen-bond donors (Lipinski definition) is 1. The quantitative estimate of drug-likeness (QED) is 0.283. The third-order valence-corrected chi connectivity index (χ3v) is 8.14. The molecular weight excluding hydrogens is 602 g/mol. The molecule has 41 heavy (non-hydrogen) atoms. The summed E-state index contributed by atoms with van der Waals surface area (Å²) in [5.41, 5.74) is 2.43. The van der Waals surface area contributed by atoms with Crippen LogP contribution in [0.4, 0.5) is 5.69 Å². The zero-order chi connectivity index (χ0) is 30.4. The zero-order valence-corrected chi connectivity index (χ0v) is 27.0. The summed E-state index contributed by atoms with van der Waals surface area (Å²) in [5.74, 6) is -0.746. The van der Waals surface area contributed by atoms with Crippen LogP contribution >= 0.6 is 15.9 Å². The SMILES string of the molecule is CC(C)c1ccccc1N(CC(=O)N(Cc1cccc(Br)c1)[C@@H](Cc1ccccc1)C(=O)NC(C)(C)C)S(C)(=O)=O. The number of halogens is 1. The van der Waals surface area contributed by atoms with E-state index in [1.165, 1.54) is 4.90 Å². The predicted octanol–water partition coefficient (Wildman–Crippen LogP) is 5.89. The molecule has 7 nitrogen and oxygen atoms in total. The summed E-state index contributed by atoms with van der Waals surface area (Å²) < 4.78 is 28.2. The lowest BCUT2D eigenvalue weighted by atomic mass is 10.00. The summed E-state index contributed by atoms with van der Waals surface area (Å²) in [6.45, 7) is 9.31. The van der Waals surface area contributed by atoms with Gasteiger partial charge in [-0.1, -0.05) is 90.4 Å². The molecule has 0 fully saturated rings. The first-order valence-corrected chi connectivity index (χ1v) is 16.3. The Bertz CT molecular complexity index is 1450. The molecule has 0 saturated heterocycles. The van der Waals surface area contributed by atoms with Gasteiger partial charge in [0.15, 0.2) is 0 Å². The van der Waals surface area contributed by atoms with Gasteiger partial charge in [-0.25, -0.2) is 8.42 Å². The van der Waals surface area contributed by atoms with E-state index in [-0.39, 0.29) is 24.8 Å². The van der Waals surface area contributed by atoms with Crippen molar-refractivity contribution < 1.29 is 18.0 Å². The molecule has 0 spiro atoms. The van der Waals surface area contributed by atoms with E-state index in [1.807, 2.05) is 101 Å². The lowest BCUT2D eigenvalue weighted by Crippen LogP contribution is -2.56. The second-order valence-corrected chi connectivity index (χ2v) is 14.4. The van der Waals surface area contributed by atoms with Gasteiger partial charge in [0.2, 0.25) is 21.8 Å². The van der Waals surface area contributed by atoms with E-state index >= 15 is 0 Å². The Labute approximate surface area is 253 Å². The molecule has 0 aliphatic heterocycles. The van der Waals surface area contributed by atoms with Crippen molar-refractivity contribution in [3.8, 4) is 0 Å². The average Bonchev–Trinajstić information content (AvgIpc) is 2.88. The van der Waals surface area contributed by atoms with E-state index in [2.05, 4.69) is 21.2 Å². The maximum absolute atomic E-state index is 14.3. The number of sulfonamides is 1. The van der Waals surface area contributed by atoms with Crippen LogP contribution in [0, 0.1) is 0 Å². The normalized spacial score (nSPS) is 12.6. The number of nitrogens with one attached hydrogen (secondary N) is 1. The van der Waals surface area contributed by atoms with Crippen LogP contribution in [-0.2, 0) is 32.6 Å². The fourth-order valence-corrected chi connectivity index (χ4v) is 5.95. The molecule has 0 aliphatic rings. The molecule has 0 aromatic heterocycles. The van der Waals surface area contributed by atoms with Crippen molar-refractivity contribution in [3.05, 3.63) is 100 Å². The average molecular weight is 643 g/mol. The molecule has 0 bridgehead atoms. The van der Waals surface area contributed by atoms with Crippen molar-refractivity contribution in [1.82, 2.24) is 10.2 Å². The summed E-state index contributed by atoms with van der Waals surface area (Å²) in [7, 11) is -3.84. The second-order valence-electron chi connectivity index (χ2n) is 11.6. The number of para-hydroxylation sites is 1. The van der Waals surface area contributed by atoms with Crippen LogP contribution < -0.4 is 9.62 Å². The van der Waals surface area contributed by atoms with Crippen molar-refractivity contribution in [1.29, 1.82) is 0 Å². The smallest absolute Gasteiger partial charge is 0.244 e. The number of anilines is 1. The molecule has 0 heterocycles. The van der Waals surface area contributed by atoms with Crippen molar-refractivity contribution in [2.45, 2.75) is 65.1 Å². The number of carbonyl (C=O) groups is 2. The van der Waals surface area contributed by atoms with E-state index < -0.39 is 34.1 Å². The Balaban J connectivity index is 2.11. The Hall–Kier alpha value is -3.17. The third kappa shape index (κ3) is 9.43. The molecule has 3 rings (SSSR count). The lowest BCUT2D eigenvalue weighted by Gasteiger charge is -2.35. The number of nitrogens with zero attached hydrogens (tertiary/aromatic N) is 2. The minimum Gasteiger partial charge on any atom is -0.350 e. The van der Waals surface area contributed by atoms with Crippen molar-refractivity contribution >= 4 is 43.5 Å². The van der Waals surface area contributed by atoms with E-state index in [0.29, 0.717) is 5.69 Å². The summed E-state index contributed by atoms with van der Waals surface area (Å²) in [4.78, 5) is 29.6. The van der Waals surface area contributed by atoms with Gasteiger partial charge >= 0.3 is 0 Å². The largest absolute Gasteiger partial charge is 0.350 e. The van der Waals surface area contributed by atoms with Crippen molar-refractivity contribution in [2.24, 2.45) is 0 Å². The first kappa shape index (κ1) is 32.3. The van der Waals surface area contributed by atoms with Crippen LogP contribution in [0.15, 0.2) is 83.3 Å². The first-order chi connectivity index (χ1) is 19.2. The number of hydrogen-bond acceptors (Lipinski definition) is 4. The lowest BCUT2D eigenvalue weighted by molar-refractivity contribution is -0.140. The molecular formula is C32H40BrN3O4S. The number of carbonyl (C=O) groups excluding carboxylic acids is 2. The van der Waals surface area contributed by atoms with Crippen LogP contribution in [0.25, 0.3) is 0 Å². The molecule has 220 valence electrons. The van der Waals surface area contributed by atoms with E-state index in [1.54, 1.807) is 12.1 Å². The predicted molar refractivity (Wildman–Crippen MR) is 169 cm³/mol. The molecule has 0 radical (unpaired) electrons. The molecule has 0 unspecified atom stereocenters.